The Bertz CT molecular complexity index is 861. The van der Waals surface area contributed by atoms with Crippen LogP contribution in [0.3, 0.4) is 0 Å². The van der Waals surface area contributed by atoms with Crippen molar-refractivity contribution in [2.75, 3.05) is 18.0 Å². The quantitative estimate of drug-likeness (QED) is 0.288. The zero-order valence-corrected chi connectivity index (χ0v) is 16.1. The van der Waals surface area contributed by atoms with Crippen LogP contribution in [0.2, 0.25) is 0 Å². The minimum atomic E-state index is -1.15. The highest BCUT2D eigenvalue weighted by Gasteiger charge is 2.18. The van der Waals surface area contributed by atoms with E-state index in [0.29, 0.717) is 30.9 Å². The molecule has 0 unspecified atom stereocenters. The second-order valence-corrected chi connectivity index (χ2v) is 6.52. The molecular weight excluding hydrogens is 370 g/mol. The molecule has 0 aliphatic rings. The summed E-state index contributed by atoms with van der Waals surface area (Å²) in [7, 11) is 0. The molecule has 2 aromatic rings. The van der Waals surface area contributed by atoms with Gasteiger partial charge in [-0.1, -0.05) is 6.92 Å². The van der Waals surface area contributed by atoms with Gasteiger partial charge in [0.2, 0.25) is 5.16 Å². The second kappa shape index (κ2) is 9.17. The summed E-state index contributed by atoms with van der Waals surface area (Å²) in [6.45, 7) is 7.20. The van der Waals surface area contributed by atoms with E-state index < -0.39 is 10.9 Å². The highest BCUT2D eigenvalue weighted by Crippen LogP contribution is 2.31. The number of nitro benzene ring substituents is 1. The van der Waals surface area contributed by atoms with Crippen molar-refractivity contribution in [2.45, 2.75) is 32.3 Å². The first-order valence-corrected chi connectivity index (χ1v) is 9.28. The molecule has 0 amide bonds. The number of non-ortho nitro benzene ring substituents is 1. The predicted molar refractivity (Wildman–Crippen MR) is 104 cm³/mol. The standard InChI is InChI=1S/C17H21N5O4S/c1-4-15-18-17(20-19-15)27-14(16(23)24)10-11-9-12(22(25)26)7-8-13(11)21(5-2)6-3/h7-10H,4-6H2,1-3H3,(H,23,24)(H,18,19,20)/b14-10+. The first kappa shape index (κ1) is 20.4. The van der Waals surface area contributed by atoms with Crippen LogP contribution in [0.15, 0.2) is 28.3 Å². The van der Waals surface area contributed by atoms with E-state index >= 15 is 0 Å². The Morgan fingerprint density at radius 3 is 2.59 bits per heavy atom. The summed E-state index contributed by atoms with van der Waals surface area (Å²) in [4.78, 5) is 28.5. The average Bonchev–Trinajstić information content (AvgIpc) is 3.10. The largest absolute Gasteiger partial charge is 0.477 e. The highest BCUT2D eigenvalue weighted by molar-refractivity contribution is 8.04. The normalized spacial score (nSPS) is 11.4. The van der Waals surface area contributed by atoms with Crippen molar-refractivity contribution in [1.82, 2.24) is 15.2 Å². The van der Waals surface area contributed by atoms with Gasteiger partial charge < -0.3 is 10.0 Å². The molecule has 9 nitrogen and oxygen atoms in total. The Kier molecular flexibility index (Phi) is 6.94. The van der Waals surface area contributed by atoms with Crippen LogP contribution in [-0.2, 0) is 11.2 Å². The third kappa shape index (κ3) is 5.07. The fourth-order valence-corrected chi connectivity index (χ4v) is 3.20. The minimum absolute atomic E-state index is 0.0226. The minimum Gasteiger partial charge on any atom is -0.477 e. The van der Waals surface area contributed by atoms with Gasteiger partial charge in [0.05, 0.1) is 4.92 Å². The molecule has 144 valence electrons. The van der Waals surface area contributed by atoms with Crippen molar-refractivity contribution < 1.29 is 14.8 Å². The second-order valence-electron chi connectivity index (χ2n) is 5.51. The zero-order chi connectivity index (χ0) is 20.0. The lowest BCUT2D eigenvalue weighted by Gasteiger charge is -2.23. The van der Waals surface area contributed by atoms with Gasteiger partial charge in [0, 0.05) is 42.9 Å². The molecule has 27 heavy (non-hydrogen) atoms. The molecule has 10 heteroatoms. The van der Waals surface area contributed by atoms with Gasteiger partial charge in [0.1, 0.15) is 10.7 Å². The molecule has 1 heterocycles. The Labute approximate surface area is 160 Å². The third-order valence-electron chi connectivity index (χ3n) is 3.87. The first-order chi connectivity index (χ1) is 12.9. The fourth-order valence-electron chi connectivity index (χ4n) is 2.48. The van der Waals surface area contributed by atoms with Gasteiger partial charge in [-0.3, -0.25) is 15.2 Å². The fraction of sp³-hybridized carbons (Fsp3) is 0.353. The average molecular weight is 391 g/mol. The Morgan fingerprint density at radius 2 is 2.07 bits per heavy atom. The van der Waals surface area contributed by atoms with Crippen molar-refractivity contribution in [3.63, 3.8) is 0 Å². The summed E-state index contributed by atoms with van der Waals surface area (Å²) in [5.74, 6) is -0.499. The van der Waals surface area contributed by atoms with Crippen molar-refractivity contribution in [1.29, 1.82) is 0 Å². The van der Waals surface area contributed by atoms with Gasteiger partial charge in [0.15, 0.2) is 0 Å². The summed E-state index contributed by atoms with van der Waals surface area (Å²) >= 11 is 0.897. The van der Waals surface area contributed by atoms with Crippen molar-refractivity contribution >= 4 is 35.2 Å². The molecule has 0 atom stereocenters. The number of hydrogen-bond acceptors (Lipinski definition) is 7. The molecule has 0 bridgehead atoms. The number of nitro groups is 1. The maximum Gasteiger partial charge on any atom is 0.342 e. The number of thioether (sulfide) groups is 1. The van der Waals surface area contributed by atoms with Crippen molar-refractivity contribution in [3.05, 3.63) is 44.6 Å². The van der Waals surface area contributed by atoms with Crippen LogP contribution in [0, 0.1) is 10.1 Å². The number of rotatable bonds is 9. The summed E-state index contributed by atoms with van der Waals surface area (Å²) in [5.41, 5.74) is 1.09. The molecule has 2 rings (SSSR count). The van der Waals surface area contributed by atoms with Crippen LogP contribution in [0.1, 0.15) is 32.2 Å². The van der Waals surface area contributed by atoms with Crippen LogP contribution in [-0.4, -0.2) is 44.3 Å². The number of aromatic nitrogens is 3. The summed E-state index contributed by atoms with van der Waals surface area (Å²) in [5, 5.41) is 27.7. The SMILES string of the molecule is CCc1nc(S/C(=C/c2cc([N+](=O)[O-])ccc2N(CC)CC)C(=O)O)n[nH]1. The molecule has 0 aliphatic carbocycles. The number of nitrogens with one attached hydrogen (secondary N) is 1. The summed E-state index contributed by atoms with van der Waals surface area (Å²) < 4.78 is 0. The lowest BCUT2D eigenvalue weighted by Crippen LogP contribution is -2.22. The first-order valence-electron chi connectivity index (χ1n) is 8.47. The highest BCUT2D eigenvalue weighted by atomic mass is 32.2. The number of benzene rings is 1. The van der Waals surface area contributed by atoms with E-state index in [2.05, 4.69) is 15.2 Å². The molecule has 0 saturated carbocycles. The van der Waals surface area contributed by atoms with Crippen LogP contribution in [0.25, 0.3) is 6.08 Å². The van der Waals surface area contributed by atoms with Crippen LogP contribution >= 0.6 is 11.8 Å². The van der Waals surface area contributed by atoms with Gasteiger partial charge in [-0.15, -0.1) is 5.10 Å². The van der Waals surface area contributed by atoms with Crippen LogP contribution in [0.4, 0.5) is 11.4 Å². The number of carboxylic acids is 1. The molecule has 0 saturated heterocycles. The van der Waals surface area contributed by atoms with Gasteiger partial charge in [-0.2, -0.15) is 0 Å². The Hall–Kier alpha value is -2.88. The molecular formula is C17H21N5O4S. The number of H-pyrrole nitrogens is 1. The van der Waals surface area contributed by atoms with E-state index in [4.69, 9.17) is 0 Å². The van der Waals surface area contributed by atoms with E-state index in [-0.39, 0.29) is 15.7 Å². The lowest BCUT2D eigenvalue weighted by molar-refractivity contribution is -0.384. The molecule has 0 radical (unpaired) electrons. The van der Waals surface area contributed by atoms with Crippen molar-refractivity contribution in [2.24, 2.45) is 0 Å². The number of carbonyl (C=O) groups is 1. The number of anilines is 1. The smallest absolute Gasteiger partial charge is 0.342 e. The van der Waals surface area contributed by atoms with Gasteiger partial charge in [-0.05, 0) is 37.8 Å². The van der Waals surface area contributed by atoms with E-state index in [1.807, 2.05) is 25.7 Å². The number of carboxylic acid groups (broad SMARTS) is 1. The third-order valence-corrected chi connectivity index (χ3v) is 4.75. The van der Waals surface area contributed by atoms with E-state index in [1.54, 1.807) is 6.07 Å². The lowest BCUT2D eigenvalue weighted by atomic mass is 10.1. The Balaban J connectivity index is 2.50. The molecule has 0 spiro atoms. The van der Waals surface area contributed by atoms with Crippen molar-refractivity contribution in [3.8, 4) is 0 Å². The summed E-state index contributed by atoms with van der Waals surface area (Å²) in [6, 6.07) is 4.44. The van der Waals surface area contributed by atoms with Gasteiger partial charge >= 0.3 is 5.97 Å². The molecule has 0 fully saturated rings. The van der Waals surface area contributed by atoms with Crippen LogP contribution < -0.4 is 4.90 Å². The number of hydrogen-bond donors (Lipinski definition) is 2. The molecule has 1 aromatic heterocycles. The maximum absolute atomic E-state index is 11.7. The zero-order valence-electron chi connectivity index (χ0n) is 15.3. The van der Waals surface area contributed by atoms with E-state index in [9.17, 15) is 20.0 Å². The van der Waals surface area contributed by atoms with E-state index in [1.165, 1.54) is 18.2 Å². The van der Waals surface area contributed by atoms with Gasteiger partial charge in [0.25, 0.3) is 5.69 Å². The summed E-state index contributed by atoms with van der Waals surface area (Å²) in [6.07, 6.45) is 2.08. The number of aliphatic carboxylic acids is 1. The number of aromatic amines is 1. The maximum atomic E-state index is 11.7. The number of nitrogens with zero attached hydrogens (tertiary/aromatic N) is 4. The van der Waals surface area contributed by atoms with Gasteiger partial charge in [-0.25, -0.2) is 9.78 Å². The van der Waals surface area contributed by atoms with E-state index in [0.717, 1.165) is 17.4 Å². The van der Waals surface area contributed by atoms with Crippen LogP contribution in [0.5, 0.6) is 0 Å². The topological polar surface area (TPSA) is 125 Å². The molecule has 0 aliphatic heterocycles. The monoisotopic (exact) mass is 391 g/mol. The molecule has 1 aromatic carbocycles. The number of aryl methyl sites for hydroxylation is 1. The molecule has 2 N–H and O–H groups in total. The predicted octanol–water partition coefficient (Wildman–Crippen LogP) is 3.34. The Morgan fingerprint density at radius 1 is 1.37 bits per heavy atom.